The Bertz CT molecular complexity index is 1140. The van der Waals surface area contributed by atoms with Gasteiger partial charge in [-0.1, -0.05) is 29.5 Å². The smallest absolute Gasteiger partial charge is 0.267 e. The zero-order valence-corrected chi connectivity index (χ0v) is 13.9. The van der Waals surface area contributed by atoms with Gasteiger partial charge in [0, 0.05) is 11.6 Å². The van der Waals surface area contributed by atoms with Gasteiger partial charge in [0.05, 0.1) is 17.5 Å². The zero-order valence-electron chi connectivity index (χ0n) is 13.9. The highest BCUT2D eigenvalue weighted by molar-refractivity contribution is 5.76. The largest absolute Gasteiger partial charge is 0.277 e. The highest BCUT2D eigenvalue weighted by Gasteiger charge is 2.10. The highest BCUT2D eigenvalue weighted by atomic mass is 19.1. The van der Waals surface area contributed by atoms with Crippen LogP contribution < -0.4 is 10.1 Å². The van der Waals surface area contributed by atoms with Gasteiger partial charge in [0.1, 0.15) is 11.3 Å². The zero-order chi connectivity index (χ0) is 17.9. The lowest BCUT2D eigenvalue weighted by atomic mass is 10.2. The van der Waals surface area contributed by atoms with Crippen LogP contribution in [0.3, 0.4) is 0 Å². The molecule has 0 bridgehead atoms. The Morgan fingerprint density at radius 1 is 1.00 bits per heavy atom. The van der Waals surface area contributed by atoms with Crippen molar-refractivity contribution < 1.29 is 8.96 Å². The van der Waals surface area contributed by atoms with E-state index >= 15 is 0 Å². The Labute approximate surface area is 149 Å². The van der Waals surface area contributed by atoms with Crippen LogP contribution in [0.1, 0.15) is 11.1 Å². The molecule has 128 valence electrons. The van der Waals surface area contributed by atoms with E-state index in [0.29, 0.717) is 29.6 Å². The van der Waals surface area contributed by atoms with Crippen molar-refractivity contribution in [3.8, 4) is 0 Å². The van der Waals surface area contributed by atoms with E-state index in [-0.39, 0.29) is 11.4 Å². The number of pyridine rings is 1. The molecule has 0 saturated heterocycles. The van der Waals surface area contributed by atoms with Crippen LogP contribution in [0, 0.1) is 5.82 Å². The number of hydrogen-bond acceptors (Lipinski definition) is 3. The average Bonchev–Trinajstić information content (AvgIpc) is 2.67. The fraction of sp³-hybridized carbons (Fsp3) is 0.100. The quantitative estimate of drug-likeness (QED) is 0.533. The molecule has 0 N–H and O–H groups in total. The molecule has 26 heavy (non-hydrogen) atoms. The van der Waals surface area contributed by atoms with Crippen molar-refractivity contribution >= 4 is 10.9 Å². The minimum atomic E-state index is -0.234. The molecular weight excluding hydrogens is 331 g/mol. The molecule has 0 unspecified atom stereocenters. The van der Waals surface area contributed by atoms with Crippen molar-refractivity contribution in [2.75, 3.05) is 0 Å². The van der Waals surface area contributed by atoms with E-state index < -0.39 is 0 Å². The van der Waals surface area contributed by atoms with Crippen molar-refractivity contribution in [2.24, 2.45) is 0 Å². The molecule has 0 spiro atoms. The van der Waals surface area contributed by atoms with Crippen LogP contribution >= 0.6 is 0 Å². The third-order valence-electron chi connectivity index (χ3n) is 4.19. The highest BCUT2D eigenvalue weighted by Crippen LogP contribution is 2.07. The summed E-state index contributed by atoms with van der Waals surface area (Å²) < 4.78 is 17.1. The van der Waals surface area contributed by atoms with Crippen molar-refractivity contribution in [1.29, 1.82) is 0 Å². The summed E-state index contributed by atoms with van der Waals surface area (Å²) in [4.78, 5) is 12.6. The maximum absolute atomic E-state index is 13.8. The van der Waals surface area contributed by atoms with E-state index in [2.05, 4.69) is 10.3 Å². The van der Waals surface area contributed by atoms with Crippen LogP contribution in [0.5, 0.6) is 0 Å². The van der Waals surface area contributed by atoms with Gasteiger partial charge in [-0.15, -0.1) is 5.10 Å². The van der Waals surface area contributed by atoms with Gasteiger partial charge in [-0.3, -0.25) is 4.79 Å². The lowest BCUT2D eigenvalue weighted by molar-refractivity contribution is -0.689. The van der Waals surface area contributed by atoms with Gasteiger partial charge in [0.25, 0.3) is 5.56 Å². The minimum Gasteiger partial charge on any atom is -0.267 e. The van der Waals surface area contributed by atoms with Gasteiger partial charge in [0.2, 0.25) is 0 Å². The summed E-state index contributed by atoms with van der Waals surface area (Å²) in [6.45, 7) is 0.716. The first-order valence-corrected chi connectivity index (χ1v) is 8.24. The fourth-order valence-corrected chi connectivity index (χ4v) is 2.89. The first-order valence-electron chi connectivity index (χ1n) is 8.24. The molecule has 0 atom stereocenters. The van der Waals surface area contributed by atoms with Gasteiger partial charge in [-0.2, -0.15) is 0 Å². The van der Waals surface area contributed by atoms with Crippen molar-refractivity contribution in [3.05, 3.63) is 100 Å². The summed E-state index contributed by atoms with van der Waals surface area (Å²) in [5.74, 6) is -0.234. The third kappa shape index (κ3) is 3.21. The predicted molar refractivity (Wildman–Crippen MR) is 95.0 cm³/mol. The van der Waals surface area contributed by atoms with Crippen LogP contribution in [0.25, 0.3) is 10.9 Å². The van der Waals surface area contributed by atoms with Gasteiger partial charge < -0.3 is 0 Å². The first kappa shape index (κ1) is 16.1. The molecular formula is C20H16FN4O+. The SMILES string of the molecule is O=c1c2ccccc2nnn1Cc1ccc[n+](Cc2ccccc2F)c1. The number of halogens is 1. The summed E-state index contributed by atoms with van der Waals surface area (Å²) >= 11 is 0. The molecule has 2 heterocycles. The molecule has 0 fully saturated rings. The van der Waals surface area contributed by atoms with Gasteiger partial charge in [-0.25, -0.2) is 13.6 Å². The molecule has 0 aliphatic rings. The molecule has 4 aromatic rings. The average molecular weight is 347 g/mol. The molecule has 6 heteroatoms. The summed E-state index contributed by atoms with van der Waals surface area (Å²) in [5, 5.41) is 8.65. The molecule has 0 amide bonds. The van der Waals surface area contributed by atoms with Gasteiger partial charge in [0.15, 0.2) is 18.9 Å². The van der Waals surface area contributed by atoms with E-state index in [1.165, 1.54) is 10.7 Å². The number of rotatable bonds is 4. The van der Waals surface area contributed by atoms with Crippen LogP contribution in [-0.2, 0) is 13.1 Å². The maximum atomic E-state index is 13.8. The summed E-state index contributed by atoms with van der Waals surface area (Å²) in [7, 11) is 0. The first-order chi connectivity index (χ1) is 12.7. The Morgan fingerprint density at radius 2 is 1.81 bits per heavy atom. The Balaban J connectivity index is 1.63. The van der Waals surface area contributed by atoms with Crippen molar-refractivity contribution in [1.82, 2.24) is 15.0 Å². The van der Waals surface area contributed by atoms with Crippen LogP contribution in [-0.4, -0.2) is 15.0 Å². The Morgan fingerprint density at radius 3 is 2.69 bits per heavy atom. The number of nitrogens with zero attached hydrogens (tertiary/aromatic N) is 4. The summed E-state index contributed by atoms with van der Waals surface area (Å²) in [6.07, 6.45) is 3.75. The Kier molecular flexibility index (Phi) is 4.23. The molecule has 2 aromatic carbocycles. The second-order valence-electron chi connectivity index (χ2n) is 6.05. The normalized spacial score (nSPS) is 11.0. The van der Waals surface area contributed by atoms with Gasteiger partial charge in [-0.05, 0) is 30.3 Å². The van der Waals surface area contributed by atoms with Crippen molar-refractivity contribution in [2.45, 2.75) is 13.1 Å². The van der Waals surface area contributed by atoms with E-state index in [9.17, 15) is 9.18 Å². The molecule has 0 aliphatic heterocycles. The standard InChI is InChI=1S/C20H16FN4O/c21-18-9-3-1-7-16(18)14-24-11-5-6-15(12-24)13-25-20(26)17-8-2-4-10-19(17)22-23-25/h1-12H,13-14H2/q+1. The summed E-state index contributed by atoms with van der Waals surface area (Å²) in [6, 6.07) is 17.6. The van der Waals surface area contributed by atoms with Crippen LogP contribution in [0.15, 0.2) is 77.9 Å². The molecule has 4 rings (SSSR count). The maximum Gasteiger partial charge on any atom is 0.277 e. The number of hydrogen-bond donors (Lipinski definition) is 0. The minimum absolute atomic E-state index is 0.180. The lowest BCUT2D eigenvalue weighted by Gasteiger charge is -2.05. The second kappa shape index (κ2) is 6.84. The molecule has 5 nitrogen and oxygen atoms in total. The third-order valence-corrected chi connectivity index (χ3v) is 4.19. The fourth-order valence-electron chi connectivity index (χ4n) is 2.89. The second-order valence-corrected chi connectivity index (χ2v) is 6.05. The lowest BCUT2D eigenvalue weighted by Crippen LogP contribution is -2.35. The van der Waals surface area contributed by atoms with E-state index in [1.807, 2.05) is 41.2 Å². The van der Waals surface area contributed by atoms with Crippen molar-refractivity contribution in [3.63, 3.8) is 0 Å². The Hall–Kier alpha value is -3.41. The summed E-state index contributed by atoms with van der Waals surface area (Å²) in [5.41, 5.74) is 1.89. The van der Waals surface area contributed by atoms with Crippen LogP contribution in [0.2, 0.25) is 0 Å². The van der Waals surface area contributed by atoms with Crippen LogP contribution in [0.4, 0.5) is 4.39 Å². The van der Waals surface area contributed by atoms with E-state index in [0.717, 1.165) is 5.56 Å². The van der Waals surface area contributed by atoms with Gasteiger partial charge >= 0.3 is 0 Å². The molecule has 0 radical (unpaired) electrons. The monoisotopic (exact) mass is 347 g/mol. The number of aromatic nitrogens is 4. The number of benzene rings is 2. The molecule has 2 aromatic heterocycles. The molecule has 0 saturated carbocycles. The van der Waals surface area contributed by atoms with E-state index in [1.54, 1.807) is 30.3 Å². The topological polar surface area (TPSA) is 51.7 Å². The number of fused-ring (bicyclic) bond motifs is 1. The van der Waals surface area contributed by atoms with E-state index in [4.69, 9.17) is 0 Å². The molecule has 0 aliphatic carbocycles. The predicted octanol–water partition coefficient (Wildman–Crippen LogP) is 2.31.